The number of nitrogens with one attached hydrogen (secondary N) is 1. The Morgan fingerprint density at radius 1 is 1.63 bits per heavy atom. The molecule has 0 radical (unpaired) electrons. The number of amides is 2. The summed E-state index contributed by atoms with van der Waals surface area (Å²) in [6.07, 6.45) is 4.78. The first-order valence-electron chi connectivity index (χ1n) is 5.82. The van der Waals surface area contributed by atoms with E-state index in [0.29, 0.717) is 0 Å². The Bertz CT molecular complexity index is 448. The van der Waals surface area contributed by atoms with Gasteiger partial charge in [0.25, 0.3) is 0 Å². The van der Waals surface area contributed by atoms with Crippen molar-refractivity contribution in [2.45, 2.75) is 13.0 Å². The van der Waals surface area contributed by atoms with Gasteiger partial charge in [-0.3, -0.25) is 9.78 Å². The van der Waals surface area contributed by atoms with Crippen LogP contribution >= 0.6 is 0 Å². The summed E-state index contributed by atoms with van der Waals surface area (Å²) in [5, 5.41) is 11.5. The van der Waals surface area contributed by atoms with Crippen molar-refractivity contribution in [3.63, 3.8) is 0 Å². The number of pyridine rings is 1. The molecule has 2 N–H and O–H groups in total. The zero-order chi connectivity index (χ0) is 14.3. The van der Waals surface area contributed by atoms with E-state index in [4.69, 9.17) is 5.11 Å². The van der Waals surface area contributed by atoms with E-state index in [1.165, 1.54) is 11.0 Å². The fraction of sp³-hybridized carbons (Fsp3) is 0.308. The maximum Gasteiger partial charge on any atom is 0.323 e. The lowest BCUT2D eigenvalue weighted by Crippen LogP contribution is -2.43. The van der Waals surface area contributed by atoms with Crippen LogP contribution in [0.4, 0.5) is 4.79 Å². The summed E-state index contributed by atoms with van der Waals surface area (Å²) >= 11 is 0. The summed E-state index contributed by atoms with van der Waals surface area (Å²) in [5.41, 5.74) is 0.852. The quantitative estimate of drug-likeness (QED) is 0.760. The fourth-order valence-corrected chi connectivity index (χ4v) is 1.53. The predicted octanol–water partition coefficient (Wildman–Crippen LogP) is 1.42. The van der Waals surface area contributed by atoms with E-state index >= 15 is 0 Å². The van der Waals surface area contributed by atoms with Crippen molar-refractivity contribution in [2.24, 2.45) is 0 Å². The molecule has 1 rings (SSSR count). The predicted molar refractivity (Wildman–Crippen MR) is 70.6 cm³/mol. The number of nitrogens with zero attached hydrogens (tertiary/aromatic N) is 2. The molecule has 102 valence electrons. The Kier molecular flexibility index (Phi) is 5.53. The first-order valence-corrected chi connectivity index (χ1v) is 5.82. The smallest absolute Gasteiger partial charge is 0.323 e. The van der Waals surface area contributed by atoms with E-state index < -0.39 is 12.0 Å². The number of carbonyl (C=O) groups is 2. The molecule has 1 aromatic heterocycles. The number of aliphatic carboxylic acids is 1. The normalized spacial score (nSPS) is 11.4. The summed E-state index contributed by atoms with van der Waals surface area (Å²) in [4.78, 5) is 27.8. The number of hydrogen-bond acceptors (Lipinski definition) is 3. The lowest BCUT2D eigenvalue weighted by Gasteiger charge is -2.22. The number of hydrogen-bond donors (Lipinski definition) is 2. The molecule has 0 saturated carbocycles. The summed E-state index contributed by atoms with van der Waals surface area (Å²) in [6, 6.07) is 2.92. The van der Waals surface area contributed by atoms with Crippen molar-refractivity contribution >= 4 is 12.0 Å². The Labute approximate surface area is 111 Å². The molecule has 0 aliphatic rings. The van der Waals surface area contributed by atoms with Crippen LogP contribution < -0.4 is 5.32 Å². The first-order chi connectivity index (χ1) is 9.04. The SMILES string of the molecule is C=CCN(CC(=O)O)C(=O)NC(C)c1cccnc1. The van der Waals surface area contributed by atoms with Gasteiger partial charge in [0.05, 0.1) is 6.04 Å². The third-order valence-electron chi connectivity index (χ3n) is 2.49. The van der Waals surface area contributed by atoms with Gasteiger partial charge >= 0.3 is 12.0 Å². The molecule has 6 nitrogen and oxygen atoms in total. The highest BCUT2D eigenvalue weighted by Gasteiger charge is 2.17. The summed E-state index contributed by atoms with van der Waals surface area (Å²) in [7, 11) is 0. The lowest BCUT2D eigenvalue weighted by atomic mass is 10.1. The Morgan fingerprint density at radius 2 is 2.37 bits per heavy atom. The molecule has 0 aliphatic heterocycles. The van der Waals surface area contributed by atoms with Gasteiger partial charge in [-0.25, -0.2) is 4.79 Å². The van der Waals surface area contributed by atoms with Gasteiger partial charge in [-0.1, -0.05) is 12.1 Å². The molecular formula is C13H17N3O3. The minimum absolute atomic E-state index is 0.178. The largest absolute Gasteiger partial charge is 0.480 e. The monoisotopic (exact) mass is 263 g/mol. The van der Waals surface area contributed by atoms with E-state index in [1.807, 2.05) is 13.0 Å². The molecule has 2 amide bonds. The summed E-state index contributed by atoms with van der Waals surface area (Å²) in [6.45, 7) is 5.13. The van der Waals surface area contributed by atoms with Gasteiger partial charge < -0.3 is 15.3 Å². The van der Waals surface area contributed by atoms with E-state index in [9.17, 15) is 9.59 Å². The van der Waals surface area contributed by atoms with Gasteiger partial charge in [-0.2, -0.15) is 0 Å². The van der Waals surface area contributed by atoms with Crippen LogP contribution in [0.3, 0.4) is 0 Å². The highest BCUT2D eigenvalue weighted by molar-refractivity contribution is 5.80. The van der Waals surface area contributed by atoms with Crippen LogP contribution in [-0.2, 0) is 4.79 Å². The number of urea groups is 1. The fourth-order valence-electron chi connectivity index (χ4n) is 1.53. The van der Waals surface area contributed by atoms with Gasteiger partial charge in [0, 0.05) is 18.9 Å². The van der Waals surface area contributed by atoms with Crippen molar-refractivity contribution in [1.29, 1.82) is 0 Å². The van der Waals surface area contributed by atoms with E-state index in [-0.39, 0.29) is 19.1 Å². The lowest BCUT2D eigenvalue weighted by molar-refractivity contribution is -0.137. The zero-order valence-corrected chi connectivity index (χ0v) is 10.7. The minimum atomic E-state index is -1.06. The van der Waals surface area contributed by atoms with Crippen molar-refractivity contribution in [2.75, 3.05) is 13.1 Å². The number of carbonyl (C=O) groups excluding carboxylic acids is 1. The van der Waals surface area contributed by atoms with Crippen LogP contribution in [0, 0.1) is 0 Å². The highest BCUT2D eigenvalue weighted by atomic mass is 16.4. The molecule has 0 saturated heterocycles. The molecule has 0 fully saturated rings. The zero-order valence-electron chi connectivity index (χ0n) is 10.7. The van der Waals surface area contributed by atoms with Crippen molar-refractivity contribution < 1.29 is 14.7 Å². The summed E-state index contributed by atoms with van der Waals surface area (Å²) < 4.78 is 0. The average molecular weight is 263 g/mol. The highest BCUT2D eigenvalue weighted by Crippen LogP contribution is 2.10. The molecule has 1 heterocycles. The maximum absolute atomic E-state index is 11.9. The minimum Gasteiger partial charge on any atom is -0.480 e. The van der Waals surface area contributed by atoms with E-state index in [0.717, 1.165) is 5.56 Å². The maximum atomic E-state index is 11.9. The molecule has 0 bridgehead atoms. The Balaban J connectivity index is 2.65. The molecule has 19 heavy (non-hydrogen) atoms. The third-order valence-corrected chi connectivity index (χ3v) is 2.49. The standard InChI is InChI=1S/C13H17N3O3/c1-3-7-16(9-12(17)18)13(19)15-10(2)11-5-4-6-14-8-11/h3-6,8,10H,1,7,9H2,2H3,(H,15,19)(H,17,18). The van der Waals surface area contributed by atoms with Crippen molar-refractivity contribution in [3.05, 3.63) is 42.7 Å². The Morgan fingerprint density at radius 3 is 2.89 bits per heavy atom. The molecule has 0 spiro atoms. The van der Waals surface area contributed by atoms with Crippen molar-refractivity contribution in [1.82, 2.24) is 15.2 Å². The van der Waals surface area contributed by atoms with Crippen LogP contribution in [0.15, 0.2) is 37.2 Å². The number of rotatable bonds is 6. The van der Waals surface area contributed by atoms with Gasteiger partial charge in [-0.05, 0) is 18.6 Å². The van der Waals surface area contributed by atoms with Gasteiger partial charge in [-0.15, -0.1) is 6.58 Å². The summed E-state index contributed by atoms with van der Waals surface area (Å²) in [5.74, 6) is -1.06. The van der Waals surface area contributed by atoms with Crippen LogP contribution in [0.1, 0.15) is 18.5 Å². The van der Waals surface area contributed by atoms with Crippen LogP contribution in [-0.4, -0.2) is 40.1 Å². The molecule has 1 unspecified atom stereocenters. The van der Waals surface area contributed by atoms with Gasteiger partial charge in [0.15, 0.2) is 0 Å². The molecule has 1 aromatic rings. The number of carboxylic acids is 1. The number of carboxylic acid groups (broad SMARTS) is 1. The van der Waals surface area contributed by atoms with Crippen LogP contribution in [0.2, 0.25) is 0 Å². The van der Waals surface area contributed by atoms with E-state index in [1.54, 1.807) is 18.5 Å². The second-order valence-electron chi connectivity index (χ2n) is 4.02. The topological polar surface area (TPSA) is 82.5 Å². The Hall–Kier alpha value is -2.37. The number of aromatic nitrogens is 1. The molecule has 0 aliphatic carbocycles. The molecule has 0 aromatic carbocycles. The molecule has 6 heteroatoms. The van der Waals surface area contributed by atoms with Crippen LogP contribution in [0.25, 0.3) is 0 Å². The first kappa shape index (κ1) is 14.7. The van der Waals surface area contributed by atoms with Crippen molar-refractivity contribution in [3.8, 4) is 0 Å². The van der Waals surface area contributed by atoms with Gasteiger partial charge in [0.2, 0.25) is 0 Å². The molecular weight excluding hydrogens is 246 g/mol. The van der Waals surface area contributed by atoms with Gasteiger partial charge in [0.1, 0.15) is 6.54 Å². The average Bonchev–Trinajstić information content (AvgIpc) is 2.38. The second-order valence-corrected chi connectivity index (χ2v) is 4.02. The second kappa shape index (κ2) is 7.15. The third kappa shape index (κ3) is 4.79. The van der Waals surface area contributed by atoms with Crippen LogP contribution in [0.5, 0.6) is 0 Å². The molecule has 1 atom stereocenters. The van der Waals surface area contributed by atoms with E-state index in [2.05, 4.69) is 16.9 Å².